The zero-order valence-corrected chi connectivity index (χ0v) is 11.9. The van der Waals surface area contributed by atoms with Gasteiger partial charge in [0.1, 0.15) is 0 Å². The summed E-state index contributed by atoms with van der Waals surface area (Å²) in [4.78, 5) is 15.5. The van der Waals surface area contributed by atoms with Crippen LogP contribution >= 0.6 is 0 Å². The van der Waals surface area contributed by atoms with E-state index in [4.69, 9.17) is 9.31 Å². The van der Waals surface area contributed by atoms with Crippen molar-refractivity contribution in [3.05, 3.63) is 28.2 Å². The van der Waals surface area contributed by atoms with Crippen LogP contribution in [-0.2, 0) is 9.31 Å². The van der Waals surface area contributed by atoms with Gasteiger partial charge in [0.25, 0.3) is 0 Å². The van der Waals surface area contributed by atoms with Gasteiger partial charge in [-0.1, -0.05) is 0 Å². The Morgan fingerprint density at radius 2 is 1.74 bits per heavy atom. The predicted molar refractivity (Wildman–Crippen MR) is 74.8 cm³/mol. The third kappa shape index (κ3) is 2.05. The molecule has 0 atom stereocenters. The van der Waals surface area contributed by atoms with Crippen LogP contribution in [0.2, 0.25) is 0 Å². The lowest BCUT2D eigenvalue weighted by molar-refractivity contribution is 0.00578. The van der Waals surface area contributed by atoms with Crippen molar-refractivity contribution in [3.8, 4) is 0 Å². The number of pyridine rings is 1. The number of hydrogen-bond acceptors (Lipinski definition) is 3. The highest BCUT2D eigenvalue weighted by Gasteiger charge is 2.52. The minimum absolute atomic E-state index is 0.0692. The molecule has 0 spiro atoms. The fourth-order valence-corrected chi connectivity index (χ4v) is 2.36. The highest BCUT2D eigenvalue weighted by atomic mass is 16.7. The number of rotatable bonds is 2. The first-order valence-corrected chi connectivity index (χ1v) is 6.88. The number of aromatic amines is 1. The SMILES string of the molecule is CC1(C)OB(c2c[nH]cc(C3CC3)c2=O)OC1(C)C. The molecule has 0 unspecified atom stereocenters. The number of H-pyrrole nitrogens is 1. The third-order valence-electron chi connectivity index (χ3n) is 4.53. The van der Waals surface area contributed by atoms with Crippen molar-refractivity contribution < 1.29 is 9.31 Å². The second kappa shape index (κ2) is 3.96. The van der Waals surface area contributed by atoms with Gasteiger partial charge in [-0.2, -0.15) is 0 Å². The summed E-state index contributed by atoms with van der Waals surface area (Å²) < 4.78 is 11.9. The summed E-state index contributed by atoms with van der Waals surface area (Å²) in [5.41, 5.74) is 0.689. The summed E-state index contributed by atoms with van der Waals surface area (Å²) in [6.07, 6.45) is 5.73. The molecule has 1 aromatic rings. The average molecular weight is 261 g/mol. The van der Waals surface area contributed by atoms with Crippen LogP contribution in [0.15, 0.2) is 17.2 Å². The van der Waals surface area contributed by atoms with Gasteiger partial charge in [0.05, 0.1) is 11.2 Å². The number of hydrogen-bond donors (Lipinski definition) is 1. The summed E-state index contributed by atoms with van der Waals surface area (Å²) in [6.45, 7) is 7.97. The van der Waals surface area contributed by atoms with Crippen molar-refractivity contribution >= 4 is 12.6 Å². The minimum Gasteiger partial charge on any atom is -0.399 e. The van der Waals surface area contributed by atoms with E-state index in [0.717, 1.165) is 18.4 Å². The first-order valence-electron chi connectivity index (χ1n) is 6.88. The van der Waals surface area contributed by atoms with Crippen molar-refractivity contribution in [2.75, 3.05) is 0 Å². The van der Waals surface area contributed by atoms with Gasteiger partial charge in [-0.3, -0.25) is 4.79 Å². The van der Waals surface area contributed by atoms with Gasteiger partial charge >= 0.3 is 7.12 Å². The summed E-state index contributed by atoms with van der Waals surface area (Å²) in [7, 11) is -0.576. The predicted octanol–water partition coefficient (Wildman–Crippen LogP) is 1.55. The zero-order valence-electron chi connectivity index (χ0n) is 11.9. The van der Waals surface area contributed by atoms with E-state index in [9.17, 15) is 4.79 Å². The molecular weight excluding hydrogens is 241 g/mol. The molecule has 2 fully saturated rings. The van der Waals surface area contributed by atoms with Crippen LogP contribution in [0.4, 0.5) is 0 Å². The summed E-state index contributed by atoms with van der Waals surface area (Å²) in [5, 5.41) is 0. The van der Waals surface area contributed by atoms with Gasteiger partial charge < -0.3 is 14.3 Å². The van der Waals surface area contributed by atoms with Gasteiger partial charge in [-0.25, -0.2) is 0 Å². The molecule has 0 bridgehead atoms. The highest BCUT2D eigenvalue weighted by molar-refractivity contribution is 6.61. The highest BCUT2D eigenvalue weighted by Crippen LogP contribution is 2.38. The smallest absolute Gasteiger partial charge is 0.399 e. The Morgan fingerprint density at radius 1 is 1.16 bits per heavy atom. The van der Waals surface area contributed by atoms with Crippen LogP contribution in [0.1, 0.15) is 52.0 Å². The lowest BCUT2D eigenvalue weighted by Crippen LogP contribution is -2.45. The monoisotopic (exact) mass is 261 g/mol. The molecule has 1 aliphatic carbocycles. The Hall–Kier alpha value is -1.07. The molecule has 5 heteroatoms. The zero-order chi connectivity index (χ0) is 13.8. The molecular formula is C14H20BNO3. The molecule has 2 aliphatic rings. The standard InChI is InChI=1S/C14H20BNO3/c1-13(2)14(3,4)19-15(18-13)11-8-16-7-10(12(11)17)9-5-6-9/h7-9H,5-6H2,1-4H3,(H,16,17). The van der Waals surface area contributed by atoms with Crippen molar-refractivity contribution in [2.45, 2.75) is 57.7 Å². The van der Waals surface area contributed by atoms with Crippen molar-refractivity contribution in [1.82, 2.24) is 4.98 Å². The summed E-state index contributed by atoms with van der Waals surface area (Å²) >= 11 is 0. The van der Waals surface area contributed by atoms with E-state index in [-0.39, 0.29) is 5.43 Å². The normalized spacial score (nSPS) is 24.7. The van der Waals surface area contributed by atoms with Gasteiger partial charge in [-0.05, 0) is 46.5 Å². The fourth-order valence-electron chi connectivity index (χ4n) is 2.36. The lowest BCUT2D eigenvalue weighted by atomic mass is 9.79. The molecule has 3 rings (SSSR count). The van der Waals surface area contributed by atoms with Crippen LogP contribution in [-0.4, -0.2) is 23.3 Å². The Balaban J connectivity index is 1.96. The largest absolute Gasteiger partial charge is 0.500 e. The van der Waals surface area contributed by atoms with E-state index >= 15 is 0 Å². The van der Waals surface area contributed by atoms with Crippen molar-refractivity contribution in [3.63, 3.8) is 0 Å². The third-order valence-corrected chi connectivity index (χ3v) is 4.53. The Morgan fingerprint density at radius 3 is 2.26 bits per heavy atom. The van der Waals surface area contributed by atoms with Crippen LogP contribution in [0.25, 0.3) is 0 Å². The van der Waals surface area contributed by atoms with E-state index in [0.29, 0.717) is 11.4 Å². The molecule has 1 aliphatic heterocycles. The van der Waals surface area contributed by atoms with Crippen molar-refractivity contribution in [2.24, 2.45) is 0 Å². The molecule has 4 nitrogen and oxygen atoms in total. The molecule has 2 heterocycles. The fraction of sp³-hybridized carbons (Fsp3) is 0.643. The van der Waals surface area contributed by atoms with Crippen LogP contribution in [0, 0.1) is 0 Å². The Kier molecular flexibility index (Phi) is 2.70. The molecule has 1 saturated heterocycles. The molecule has 102 valence electrons. The molecule has 0 amide bonds. The van der Waals surface area contributed by atoms with Gasteiger partial charge in [-0.15, -0.1) is 0 Å². The second-order valence-electron chi connectivity index (χ2n) is 6.56. The summed E-state index contributed by atoms with van der Waals surface area (Å²) in [6, 6.07) is 0. The molecule has 1 aromatic heterocycles. The minimum atomic E-state index is -0.576. The average Bonchev–Trinajstić information content (AvgIpc) is 3.08. The topological polar surface area (TPSA) is 51.3 Å². The Labute approximate surface area is 113 Å². The van der Waals surface area contributed by atoms with Crippen LogP contribution < -0.4 is 10.9 Å². The van der Waals surface area contributed by atoms with Gasteiger partial charge in [0.2, 0.25) is 0 Å². The lowest BCUT2D eigenvalue weighted by Gasteiger charge is -2.32. The first kappa shape index (κ1) is 12.9. The van der Waals surface area contributed by atoms with Gasteiger partial charge in [0, 0.05) is 23.4 Å². The van der Waals surface area contributed by atoms with Crippen molar-refractivity contribution in [1.29, 1.82) is 0 Å². The molecule has 19 heavy (non-hydrogen) atoms. The van der Waals surface area contributed by atoms with E-state index in [1.807, 2.05) is 33.9 Å². The quantitative estimate of drug-likeness (QED) is 0.822. The van der Waals surface area contributed by atoms with E-state index in [1.54, 1.807) is 6.20 Å². The van der Waals surface area contributed by atoms with Crippen LogP contribution in [0.5, 0.6) is 0 Å². The maximum absolute atomic E-state index is 12.5. The molecule has 0 aromatic carbocycles. The molecule has 1 saturated carbocycles. The van der Waals surface area contributed by atoms with E-state index < -0.39 is 18.3 Å². The number of aromatic nitrogens is 1. The van der Waals surface area contributed by atoms with Gasteiger partial charge in [0.15, 0.2) is 5.43 Å². The maximum atomic E-state index is 12.5. The first-order chi connectivity index (χ1) is 8.82. The number of nitrogens with one attached hydrogen (secondary N) is 1. The van der Waals surface area contributed by atoms with E-state index in [2.05, 4.69) is 4.98 Å². The maximum Gasteiger partial charge on any atom is 0.500 e. The van der Waals surface area contributed by atoms with Crippen LogP contribution in [0.3, 0.4) is 0 Å². The molecule has 1 N–H and O–H groups in total. The Bertz CT molecular complexity index is 544. The molecule has 0 radical (unpaired) electrons. The second-order valence-corrected chi connectivity index (χ2v) is 6.56. The van der Waals surface area contributed by atoms with E-state index in [1.165, 1.54) is 0 Å². The summed E-state index contributed by atoms with van der Waals surface area (Å²) in [5.74, 6) is 0.422.